The van der Waals surface area contributed by atoms with Gasteiger partial charge in [0, 0.05) is 5.57 Å². The first kappa shape index (κ1) is 14.7. The molecule has 0 spiro atoms. The van der Waals surface area contributed by atoms with Gasteiger partial charge in [-0.25, -0.2) is 4.98 Å². The minimum Gasteiger partial charge on any atom is -0.298 e. The zero-order chi connectivity index (χ0) is 15.9. The fourth-order valence-corrected chi connectivity index (χ4v) is 3.89. The number of hydrogen-bond acceptors (Lipinski definition) is 3. The third-order valence-corrected chi connectivity index (χ3v) is 5.20. The van der Waals surface area contributed by atoms with Crippen LogP contribution in [0.25, 0.3) is 16.6 Å². The lowest BCUT2D eigenvalue weighted by Gasteiger charge is -2.16. The van der Waals surface area contributed by atoms with Crippen LogP contribution in [-0.2, 0) is 4.79 Å². The Morgan fingerprint density at radius 2 is 2.05 bits per heavy atom. The maximum Gasteiger partial charge on any atom is 0.265 e. The van der Waals surface area contributed by atoms with Gasteiger partial charge in [0.1, 0.15) is 5.82 Å². The first-order valence-corrected chi connectivity index (χ1v) is 9.23. The molecule has 3 rings (SSSR count). The van der Waals surface area contributed by atoms with Crippen molar-refractivity contribution in [3.63, 3.8) is 0 Å². The Morgan fingerprint density at radius 3 is 2.77 bits per heavy atom. The van der Waals surface area contributed by atoms with Crippen molar-refractivity contribution >= 4 is 36.2 Å². The molecule has 0 fully saturated rings. The van der Waals surface area contributed by atoms with Gasteiger partial charge >= 0.3 is 0 Å². The van der Waals surface area contributed by atoms with Crippen molar-refractivity contribution in [1.82, 2.24) is 9.55 Å². The van der Waals surface area contributed by atoms with Crippen LogP contribution in [0.5, 0.6) is 0 Å². The Bertz CT molecular complexity index is 949. The molecule has 1 aromatic heterocycles. The molecule has 1 unspecified atom stereocenters. The number of allylic oxidation sites excluding steroid dienone is 3. The van der Waals surface area contributed by atoms with Gasteiger partial charge in [-0.15, -0.1) is 0 Å². The number of aryl methyl sites for hydroxylation is 2. The van der Waals surface area contributed by atoms with Crippen LogP contribution in [0.1, 0.15) is 11.4 Å². The molecule has 1 aliphatic heterocycles. The maximum atomic E-state index is 12.9. The topological polar surface area (TPSA) is 52.0 Å². The lowest BCUT2D eigenvalue weighted by atomic mass is 10.1. The summed E-state index contributed by atoms with van der Waals surface area (Å²) in [4.78, 5) is 28.8. The molecule has 0 aliphatic carbocycles. The standard InChI is InChI=1S/C17H17N2O2P/c1-11-4-5-15-14(8-11)17(21)19(12(2)18-15)16-6-7-22(3)10-13(16)9-20/h4-10,22H,1-3H3. The van der Waals surface area contributed by atoms with Gasteiger partial charge in [0.25, 0.3) is 5.56 Å². The second-order valence-electron chi connectivity index (χ2n) is 5.50. The summed E-state index contributed by atoms with van der Waals surface area (Å²) in [6.07, 6.45) is 2.69. The third kappa shape index (κ3) is 2.40. The van der Waals surface area contributed by atoms with Crippen LogP contribution in [-0.4, -0.2) is 28.3 Å². The molecule has 0 N–H and O–H groups in total. The fourth-order valence-electron chi connectivity index (χ4n) is 2.67. The van der Waals surface area contributed by atoms with Crippen molar-refractivity contribution < 1.29 is 4.79 Å². The highest BCUT2D eigenvalue weighted by molar-refractivity contribution is 7.60. The number of aromatic nitrogens is 2. The van der Waals surface area contributed by atoms with Crippen molar-refractivity contribution in [2.45, 2.75) is 13.8 Å². The summed E-state index contributed by atoms with van der Waals surface area (Å²) in [6, 6.07) is 5.64. The number of carbonyl (C=O) groups excluding carboxylic acids is 1. The molecule has 0 amide bonds. The molecular weight excluding hydrogens is 295 g/mol. The normalized spacial score (nSPS) is 17.7. The fraction of sp³-hybridized carbons (Fsp3) is 0.176. The largest absolute Gasteiger partial charge is 0.298 e. The lowest BCUT2D eigenvalue weighted by molar-refractivity contribution is -0.104. The highest BCUT2D eigenvalue weighted by Gasteiger charge is 2.15. The molecule has 1 aromatic carbocycles. The maximum absolute atomic E-state index is 12.9. The average molecular weight is 312 g/mol. The van der Waals surface area contributed by atoms with Crippen molar-refractivity contribution in [2.24, 2.45) is 0 Å². The minimum atomic E-state index is -0.797. The predicted molar refractivity (Wildman–Crippen MR) is 94.2 cm³/mol. The summed E-state index contributed by atoms with van der Waals surface area (Å²) < 4.78 is 1.53. The number of carbonyl (C=O) groups is 1. The van der Waals surface area contributed by atoms with E-state index in [1.807, 2.05) is 37.0 Å². The molecular formula is C17H17N2O2P. The van der Waals surface area contributed by atoms with E-state index in [2.05, 4.69) is 17.5 Å². The highest BCUT2D eigenvalue weighted by atomic mass is 31.1. The highest BCUT2D eigenvalue weighted by Crippen LogP contribution is 2.28. The molecule has 4 nitrogen and oxygen atoms in total. The van der Waals surface area contributed by atoms with Gasteiger partial charge in [-0.2, -0.15) is 0 Å². The van der Waals surface area contributed by atoms with Gasteiger partial charge in [-0.3, -0.25) is 14.2 Å². The second kappa shape index (κ2) is 5.54. The van der Waals surface area contributed by atoms with Crippen LogP contribution in [0.15, 0.2) is 40.5 Å². The molecule has 5 heteroatoms. The van der Waals surface area contributed by atoms with Gasteiger partial charge in [-0.05, 0) is 38.7 Å². The minimum absolute atomic E-state index is 0.134. The van der Waals surface area contributed by atoms with Crippen LogP contribution in [0, 0.1) is 13.8 Å². The zero-order valence-electron chi connectivity index (χ0n) is 12.8. The Morgan fingerprint density at radius 1 is 1.27 bits per heavy atom. The summed E-state index contributed by atoms with van der Waals surface area (Å²) >= 11 is 0. The SMILES string of the molecule is Cc1ccc2nc(C)n(C3=C(C=O)C=[PH](C)C=C3)c(=O)c2c1. The number of rotatable bonds is 2. The van der Waals surface area contributed by atoms with Crippen molar-refractivity contribution in [3.05, 3.63) is 57.4 Å². The quantitative estimate of drug-likeness (QED) is 0.633. The summed E-state index contributed by atoms with van der Waals surface area (Å²) in [5.74, 6) is 4.61. The Kier molecular flexibility index (Phi) is 3.71. The first-order valence-electron chi connectivity index (χ1n) is 7.07. The monoisotopic (exact) mass is 312 g/mol. The number of benzene rings is 1. The van der Waals surface area contributed by atoms with Gasteiger partial charge in [-0.1, -0.05) is 30.8 Å². The summed E-state index contributed by atoms with van der Waals surface area (Å²) in [5.41, 5.74) is 2.74. The number of nitrogens with zero attached hydrogens (tertiary/aromatic N) is 2. The number of fused-ring (bicyclic) bond motifs is 1. The van der Waals surface area contributed by atoms with E-state index in [0.29, 0.717) is 28.0 Å². The van der Waals surface area contributed by atoms with Crippen LogP contribution in [0.4, 0.5) is 0 Å². The van der Waals surface area contributed by atoms with Crippen LogP contribution >= 0.6 is 7.55 Å². The zero-order valence-corrected chi connectivity index (χ0v) is 13.8. The van der Waals surface area contributed by atoms with Gasteiger partial charge in [0.15, 0.2) is 6.29 Å². The molecule has 0 saturated heterocycles. The molecule has 0 saturated carbocycles. The van der Waals surface area contributed by atoms with E-state index in [1.54, 1.807) is 6.92 Å². The molecule has 2 heterocycles. The molecule has 0 bridgehead atoms. The number of hydrogen-bond donors (Lipinski definition) is 0. The predicted octanol–water partition coefficient (Wildman–Crippen LogP) is 2.60. The van der Waals surface area contributed by atoms with E-state index in [9.17, 15) is 9.59 Å². The first-order chi connectivity index (χ1) is 10.5. The summed E-state index contributed by atoms with van der Waals surface area (Å²) in [5, 5.41) is 0.573. The van der Waals surface area contributed by atoms with Crippen LogP contribution in [0.2, 0.25) is 0 Å². The molecule has 1 atom stereocenters. The summed E-state index contributed by atoms with van der Waals surface area (Å²) in [6.45, 7) is 5.83. The number of aldehydes is 1. The molecule has 22 heavy (non-hydrogen) atoms. The van der Waals surface area contributed by atoms with Crippen molar-refractivity contribution in [3.8, 4) is 0 Å². The molecule has 2 aromatic rings. The van der Waals surface area contributed by atoms with Crippen molar-refractivity contribution in [1.29, 1.82) is 0 Å². The molecule has 1 aliphatic rings. The average Bonchev–Trinajstić information content (AvgIpc) is 2.49. The Balaban J connectivity index is 2.39. The van der Waals surface area contributed by atoms with Crippen LogP contribution < -0.4 is 5.56 Å². The van der Waals surface area contributed by atoms with E-state index in [1.165, 1.54) is 4.57 Å². The Hall–Kier alpha value is -2.19. The molecule has 0 radical (unpaired) electrons. The van der Waals surface area contributed by atoms with Crippen molar-refractivity contribution in [2.75, 3.05) is 6.66 Å². The van der Waals surface area contributed by atoms with E-state index in [0.717, 1.165) is 11.8 Å². The van der Waals surface area contributed by atoms with Gasteiger partial charge < -0.3 is 0 Å². The van der Waals surface area contributed by atoms with Gasteiger partial charge in [0.05, 0.1) is 16.6 Å². The van der Waals surface area contributed by atoms with E-state index in [4.69, 9.17) is 0 Å². The summed E-state index contributed by atoms with van der Waals surface area (Å²) in [7, 11) is -0.797. The smallest absolute Gasteiger partial charge is 0.265 e. The van der Waals surface area contributed by atoms with Gasteiger partial charge in [0.2, 0.25) is 0 Å². The third-order valence-electron chi connectivity index (χ3n) is 3.74. The molecule has 112 valence electrons. The Labute approximate surface area is 129 Å². The van der Waals surface area contributed by atoms with E-state index in [-0.39, 0.29) is 5.56 Å². The second-order valence-corrected chi connectivity index (χ2v) is 7.61. The van der Waals surface area contributed by atoms with E-state index < -0.39 is 7.55 Å². The van der Waals surface area contributed by atoms with Crippen LogP contribution in [0.3, 0.4) is 0 Å². The van der Waals surface area contributed by atoms with E-state index >= 15 is 0 Å². The lowest BCUT2D eigenvalue weighted by Crippen LogP contribution is -2.24.